The van der Waals surface area contributed by atoms with Gasteiger partial charge in [-0.15, -0.1) is 5.10 Å². The van der Waals surface area contributed by atoms with E-state index < -0.39 is 17.9 Å². The Bertz CT molecular complexity index is 737. The minimum absolute atomic E-state index is 0.0428. The first-order valence-corrected chi connectivity index (χ1v) is 7.80. The van der Waals surface area contributed by atoms with Crippen molar-refractivity contribution < 1.29 is 22.0 Å². The number of alkyl halides is 5. The second-order valence-corrected chi connectivity index (χ2v) is 5.88. The zero-order valence-corrected chi connectivity index (χ0v) is 13.9. The average Bonchev–Trinajstić information content (AvgIpc) is 2.91. The highest BCUT2D eigenvalue weighted by Gasteiger charge is 2.61. The molecule has 0 aliphatic heterocycles. The molecule has 0 saturated heterocycles. The van der Waals surface area contributed by atoms with Gasteiger partial charge in [0.1, 0.15) is 5.82 Å². The van der Waals surface area contributed by atoms with Crippen molar-refractivity contribution >= 4 is 5.69 Å². The molecule has 0 fully saturated rings. The molecule has 0 atom stereocenters. The van der Waals surface area contributed by atoms with Crippen molar-refractivity contribution in [3.63, 3.8) is 0 Å². The highest BCUT2D eigenvalue weighted by Crippen LogP contribution is 2.42. The van der Waals surface area contributed by atoms with Crippen LogP contribution in [0.25, 0.3) is 0 Å². The molecule has 2 aromatic rings. The van der Waals surface area contributed by atoms with Gasteiger partial charge in [-0.1, -0.05) is 25.5 Å². The number of hydrogen-bond acceptors (Lipinski definition) is 3. The lowest BCUT2D eigenvalue weighted by atomic mass is 10.1. The Kier molecular flexibility index (Phi) is 5.34. The summed E-state index contributed by atoms with van der Waals surface area (Å²) in [5, 5.41) is 3.45. The Morgan fingerprint density at radius 3 is 2.40 bits per heavy atom. The van der Waals surface area contributed by atoms with E-state index in [4.69, 9.17) is 5.73 Å². The van der Waals surface area contributed by atoms with Gasteiger partial charge in [-0.2, -0.15) is 22.0 Å². The zero-order valence-electron chi connectivity index (χ0n) is 13.9. The number of nitrogens with zero attached hydrogens (tertiary/aromatic N) is 3. The maximum absolute atomic E-state index is 13.6. The van der Waals surface area contributed by atoms with Crippen LogP contribution in [0.1, 0.15) is 42.5 Å². The van der Waals surface area contributed by atoms with E-state index in [1.807, 2.05) is 6.92 Å². The van der Waals surface area contributed by atoms with E-state index in [2.05, 4.69) is 10.1 Å². The molecule has 0 saturated carbocycles. The maximum Gasteiger partial charge on any atom is 0.461 e. The third kappa shape index (κ3) is 4.08. The molecule has 0 amide bonds. The number of halogens is 5. The molecule has 1 heterocycles. The second-order valence-electron chi connectivity index (χ2n) is 5.88. The molecule has 2 N–H and O–H groups in total. The smallest absolute Gasteiger partial charge is 0.399 e. The molecule has 0 unspecified atom stereocenters. The third-order valence-corrected chi connectivity index (χ3v) is 3.81. The predicted molar refractivity (Wildman–Crippen MR) is 83.3 cm³/mol. The van der Waals surface area contributed by atoms with Crippen molar-refractivity contribution in [3.8, 4) is 0 Å². The number of unbranched alkanes of at least 4 members (excludes halogenated alkanes) is 1. The Hall–Kier alpha value is -2.19. The van der Waals surface area contributed by atoms with Crippen LogP contribution in [0.2, 0.25) is 0 Å². The lowest BCUT2D eigenvalue weighted by molar-refractivity contribution is -0.292. The van der Waals surface area contributed by atoms with E-state index in [1.54, 1.807) is 25.1 Å². The van der Waals surface area contributed by atoms with Gasteiger partial charge in [0.15, 0.2) is 0 Å². The first-order valence-electron chi connectivity index (χ1n) is 7.80. The summed E-state index contributed by atoms with van der Waals surface area (Å²) >= 11 is 0. The lowest BCUT2D eigenvalue weighted by Gasteiger charge is -2.15. The van der Waals surface area contributed by atoms with Crippen LogP contribution in [0.15, 0.2) is 18.2 Å². The fourth-order valence-electron chi connectivity index (χ4n) is 2.29. The highest BCUT2D eigenvalue weighted by molar-refractivity contribution is 5.47. The van der Waals surface area contributed by atoms with Gasteiger partial charge in [-0.25, -0.2) is 9.67 Å². The molecule has 0 aliphatic carbocycles. The van der Waals surface area contributed by atoms with Crippen LogP contribution in [0, 0.1) is 6.92 Å². The van der Waals surface area contributed by atoms with Gasteiger partial charge >= 0.3 is 12.1 Å². The second kappa shape index (κ2) is 6.97. The van der Waals surface area contributed by atoms with Crippen LogP contribution in [-0.2, 0) is 18.9 Å². The number of rotatable bonds is 6. The fourth-order valence-corrected chi connectivity index (χ4v) is 2.29. The van der Waals surface area contributed by atoms with Crippen LogP contribution in [0.5, 0.6) is 0 Å². The third-order valence-electron chi connectivity index (χ3n) is 3.81. The first-order chi connectivity index (χ1) is 11.6. The van der Waals surface area contributed by atoms with E-state index in [0.717, 1.165) is 16.7 Å². The summed E-state index contributed by atoms with van der Waals surface area (Å²) in [5.41, 5.74) is 7.77. The minimum atomic E-state index is -5.74. The normalized spacial score (nSPS) is 12.6. The minimum Gasteiger partial charge on any atom is -0.399 e. The number of aryl methyl sites for hydroxylation is 2. The van der Waals surface area contributed by atoms with Crippen LogP contribution in [-0.4, -0.2) is 20.9 Å². The van der Waals surface area contributed by atoms with Crippen LogP contribution < -0.4 is 5.73 Å². The van der Waals surface area contributed by atoms with Gasteiger partial charge < -0.3 is 5.73 Å². The summed E-state index contributed by atoms with van der Waals surface area (Å²) in [7, 11) is 0. The van der Waals surface area contributed by atoms with Crippen LogP contribution in [0.4, 0.5) is 27.6 Å². The summed E-state index contributed by atoms with van der Waals surface area (Å²) in [5.74, 6) is -6.50. The van der Waals surface area contributed by atoms with Crippen molar-refractivity contribution in [3.05, 3.63) is 41.0 Å². The molecule has 0 spiro atoms. The van der Waals surface area contributed by atoms with Crippen molar-refractivity contribution in [2.45, 2.75) is 51.8 Å². The largest absolute Gasteiger partial charge is 0.461 e. The molecule has 1 aromatic heterocycles. The van der Waals surface area contributed by atoms with Crippen LogP contribution >= 0.6 is 0 Å². The number of anilines is 1. The average molecular weight is 362 g/mol. The number of nitrogen functional groups attached to an aromatic ring is 1. The number of nitrogens with two attached hydrogens (primary N) is 1. The standard InChI is InChI=1S/C16H19F5N4/c1-3-4-5-13-23-14(15(17,18)16(19,20)21)24-25(13)9-11-6-7-12(22)10(2)8-11/h6-8H,3-5,9,22H2,1-2H3. The summed E-state index contributed by atoms with van der Waals surface area (Å²) in [6.45, 7) is 3.71. The molecule has 0 radical (unpaired) electrons. The van der Waals surface area contributed by atoms with Gasteiger partial charge in [0.05, 0.1) is 6.54 Å². The van der Waals surface area contributed by atoms with Gasteiger partial charge in [-0.05, 0) is 30.5 Å². The van der Waals surface area contributed by atoms with E-state index in [0.29, 0.717) is 17.7 Å². The molecular formula is C16H19F5N4. The first kappa shape index (κ1) is 19.1. The molecule has 1 aromatic carbocycles. The van der Waals surface area contributed by atoms with Gasteiger partial charge in [0, 0.05) is 12.1 Å². The predicted octanol–water partition coefficient (Wildman–Crippen LogP) is 4.21. The molecular weight excluding hydrogens is 343 g/mol. The molecule has 2 rings (SSSR count). The summed E-state index contributed by atoms with van der Waals surface area (Å²) < 4.78 is 66.0. The molecule has 0 aliphatic rings. The molecule has 25 heavy (non-hydrogen) atoms. The Labute approximate surface area is 141 Å². The summed E-state index contributed by atoms with van der Waals surface area (Å²) in [4.78, 5) is 3.48. The quantitative estimate of drug-likeness (QED) is 0.619. The van der Waals surface area contributed by atoms with Gasteiger partial charge in [-0.3, -0.25) is 0 Å². The van der Waals surface area contributed by atoms with E-state index >= 15 is 0 Å². The number of aromatic nitrogens is 3. The zero-order chi connectivity index (χ0) is 18.8. The van der Waals surface area contributed by atoms with Gasteiger partial charge in [0.2, 0.25) is 5.82 Å². The van der Waals surface area contributed by atoms with Crippen molar-refractivity contribution in [1.82, 2.24) is 14.8 Å². The molecule has 0 bridgehead atoms. The SMILES string of the molecule is CCCCc1nc(C(F)(F)C(F)(F)F)nn1Cc1ccc(N)c(C)c1. The Morgan fingerprint density at radius 2 is 1.84 bits per heavy atom. The van der Waals surface area contributed by atoms with Crippen molar-refractivity contribution in [2.24, 2.45) is 0 Å². The van der Waals surface area contributed by atoms with E-state index in [9.17, 15) is 22.0 Å². The number of hydrogen-bond donors (Lipinski definition) is 1. The molecule has 138 valence electrons. The Balaban J connectivity index is 2.39. The summed E-state index contributed by atoms with van der Waals surface area (Å²) in [6.07, 6.45) is -4.11. The topological polar surface area (TPSA) is 56.7 Å². The van der Waals surface area contributed by atoms with Crippen LogP contribution in [0.3, 0.4) is 0 Å². The van der Waals surface area contributed by atoms with Crippen molar-refractivity contribution in [1.29, 1.82) is 0 Å². The lowest BCUT2D eigenvalue weighted by Crippen LogP contribution is -2.35. The highest BCUT2D eigenvalue weighted by atomic mass is 19.4. The van der Waals surface area contributed by atoms with E-state index in [-0.39, 0.29) is 18.8 Å². The molecule has 4 nitrogen and oxygen atoms in total. The Morgan fingerprint density at radius 1 is 1.16 bits per heavy atom. The van der Waals surface area contributed by atoms with E-state index in [1.165, 1.54) is 0 Å². The monoisotopic (exact) mass is 362 g/mol. The van der Waals surface area contributed by atoms with Gasteiger partial charge in [0.25, 0.3) is 0 Å². The van der Waals surface area contributed by atoms with Crippen molar-refractivity contribution in [2.75, 3.05) is 5.73 Å². The maximum atomic E-state index is 13.6. The molecule has 9 heteroatoms. The summed E-state index contributed by atoms with van der Waals surface area (Å²) in [6, 6.07) is 5.07. The fraction of sp³-hybridized carbons (Fsp3) is 0.500. The number of benzene rings is 1.